The molecule has 0 saturated carbocycles. The first-order chi connectivity index (χ1) is 15.4. The predicted octanol–water partition coefficient (Wildman–Crippen LogP) is 2.52. The summed E-state index contributed by atoms with van der Waals surface area (Å²) in [5.74, 6) is 0. The average molecular weight is 467 g/mol. The minimum Gasteiger partial charge on any atom is -0.374 e. The molecule has 1 saturated heterocycles. The van der Waals surface area contributed by atoms with Crippen LogP contribution in [0.2, 0.25) is 0 Å². The Balaban J connectivity index is 1.83. The van der Waals surface area contributed by atoms with Crippen LogP contribution in [-0.2, 0) is 51.2 Å². The fourth-order valence-electron chi connectivity index (χ4n) is 3.63. The molecule has 0 aliphatic carbocycles. The highest BCUT2D eigenvalue weighted by atomic mass is 32.2. The Kier molecular flexibility index (Phi) is 8.78. The summed E-state index contributed by atoms with van der Waals surface area (Å²) in [5, 5.41) is 0. The highest BCUT2D eigenvalue weighted by Crippen LogP contribution is 2.37. The SMILES string of the molecule is CO[C@H]1O[C@@](COCc2ccccc2)(COS(C)(=O)=O)[C@@H](OCc2ccccc2)[C@H]1OC. The van der Waals surface area contributed by atoms with E-state index >= 15 is 0 Å². The van der Waals surface area contributed by atoms with Gasteiger partial charge in [0.2, 0.25) is 0 Å². The minimum absolute atomic E-state index is 0.0105. The Labute approximate surface area is 189 Å². The molecule has 1 aliphatic heterocycles. The first-order valence-electron chi connectivity index (χ1n) is 10.2. The van der Waals surface area contributed by atoms with Crippen molar-refractivity contribution in [3.8, 4) is 0 Å². The van der Waals surface area contributed by atoms with Crippen LogP contribution < -0.4 is 0 Å². The van der Waals surface area contributed by atoms with Gasteiger partial charge in [-0.3, -0.25) is 4.18 Å². The summed E-state index contributed by atoms with van der Waals surface area (Å²) < 4.78 is 58.2. The van der Waals surface area contributed by atoms with E-state index in [-0.39, 0.29) is 19.8 Å². The quantitative estimate of drug-likeness (QED) is 0.441. The molecule has 32 heavy (non-hydrogen) atoms. The fourth-order valence-corrected chi connectivity index (χ4v) is 4.04. The number of methoxy groups -OCH3 is 2. The molecule has 0 radical (unpaired) electrons. The maximum absolute atomic E-state index is 11.8. The van der Waals surface area contributed by atoms with E-state index in [2.05, 4.69) is 0 Å². The van der Waals surface area contributed by atoms with E-state index < -0.39 is 34.2 Å². The van der Waals surface area contributed by atoms with E-state index in [9.17, 15) is 8.42 Å². The van der Waals surface area contributed by atoms with E-state index in [1.165, 1.54) is 14.2 Å². The molecule has 2 aromatic rings. The molecule has 9 heteroatoms. The van der Waals surface area contributed by atoms with Crippen molar-refractivity contribution in [2.24, 2.45) is 0 Å². The molecule has 0 aromatic heterocycles. The lowest BCUT2D eigenvalue weighted by molar-refractivity contribution is -0.207. The minimum atomic E-state index is -3.74. The van der Waals surface area contributed by atoms with Gasteiger partial charge in [0, 0.05) is 14.2 Å². The standard InChI is InChI=1S/C23H30O8S/c1-26-20-21(29-15-19-12-8-5-9-13-19)23(31-22(20)27-2,17-30-32(3,24)25)16-28-14-18-10-6-4-7-11-18/h4-13,20-22H,14-17H2,1-3H3/t20-,21+,22+,23+/m1/s1. The molecule has 4 atom stereocenters. The summed E-state index contributed by atoms with van der Waals surface area (Å²) >= 11 is 0. The summed E-state index contributed by atoms with van der Waals surface area (Å²) in [6, 6.07) is 19.3. The zero-order chi connectivity index (χ0) is 23.0. The van der Waals surface area contributed by atoms with Crippen LogP contribution in [-0.4, -0.2) is 66.2 Å². The second kappa shape index (κ2) is 11.3. The van der Waals surface area contributed by atoms with E-state index in [0.717, 1.165) is 17.4 Å². The molecule has 1 fully saturated rings. The van der Waals surface area contributed by atoms with Gasteiger partial charge in [0.15, 0.2) is 6.29 Å². The van der Waals surface area contributed by atoms with Gasteiger partial charge in [-0.05, 0) is 11.1 Å². The van der Waals surface area contributed by atoms with Crippen LogP contribution >= 0.6 is 0 Å². The summed E-state index contributed by atoms with van der Waals surface area (Å²) in [7, 11) is -0.724. The second-order valence-corrected chi connectivity index (χ2v) is 9.29. The smallest absolute Gasteiger partial charge is 0.264 e. The van der Waals surface area contributed by atoms with E-state index in [1.54, 1.807) is 0 Å². The number of hydrogen-bond donors (Lipinski definition) is 0. The van der Waals surface area contributed by atoms with Gasteiger partial charge in [0.25, 0.3) is 10.1 Å². The first kappa shape index (κ1) is 24.8. The highest BCUT2D eigenvalue weighted by Gasteiger charge is 2.58. The maximum atomic E-state index is 11.8. The third kappa shape index (κ3) is 6.58. The lowest BCUT2D eigenvalue weighted by Gasteiger charge is -2.34. The summed E-state index contributed by atoms with van der Waals surface area (Å²) in [4.78, 5) is 0. The largest absolute Gasteiger partial charge is 0.374 e. The van der Waals surface area contributed by atoms with Gasteiger partial charge >= 0.3 is 0 Å². The highest BCUT2D eigenvalue weighted by molar-refractivity contribution is 7.85. The first-order valence-corrected chi connectivity index (χ1v) is 12.0. The van der Waals surface area contributed by atoms with Crippen LogP contribution in [0.4, 0.5) is 0 Å². The molecule has 0 amide bonds. The Morgan fingerprint density at radius 3 is 2.00 bits per heavy atom. The normalized spacial score (nSPS) is 25.8. The zero-order valence-corrected chi connectivity index (χ0v) is 19.3. The Hall–Kier alpha value is -1.85. The van der Waals surface area contributed by atoms with Crippen molar-refractivity contribution in [1.82, 2.24) is 0 Å². The number of ether oxygens (including phenoxy) is 5. The van der Waals surface area contributed by atoms with Crippen molar-refractivity contribution < 1.29 is 36.3 Å². The van der Waals surface area contributed by atoms with Gasteiger partial charge in [0.1, 0.15) is 24.4 Å². The molecule has 2 aromatic carbocycles. The summed E-state index contributed by atoms with van der Waals surface area (Å²) in [5.41, 5.74) is 0.651. The van der Waals surface area contributed by atoms with Gasteiger partial charge in [-0.1, -0.05) is 60.7 Å². The van der Waals surface area contributed by atoms with Crippen LogP contribution in [0.1, 0.15) is 11.1 Å². The number of rotatable bonds is 12. The van der Waals surface area contributed by atoms with Crippen LogP contribution in [0, 0.1) is 0 Å². The molecule has 0 N–H and O–H groups in total. The van der Waals surface area contributed by atoms with Crippen molar-refractivity contribution in [2.75, 3.05) is 33.7 Å². The van der Waals surface area contributed by atoms with Crippen LogP contribution in [0.15, 0.2) is 60.7 Å². The molecule has 176 valence electrons. The fraction of sp³-hybridized carbons (Fsp3) is 0.478. The van der Waals surface area contributed by atoms with E-state index in [0.29, 0.717) is 6.61 Å². The zero-order valence-electron chi connectivity index (χ0n) is 18.5. The maximum Gasteiger partial charge on any atom is 0.264 e. The number of hydrogen-bond acceptors (Lipinski definition) is 8. The Bertz CT molecular complexity index is 922. The van der Waals surface area contributed by atoms with Gasteiger partial charge < -0.3 is 23.7 Å². The van der Waals surface area contributed by atoms with Crippen molar-refractivity contribution in [2.45, 2.75) is 37.3 Å². The van der Waals surface area contributed by atoms with Crippen molar-refractivity contribution in [1.29, 1.82) is 0 Å². The van der Waals surface area contributed by atoms with Crippen LogP contribution in [0.25, 0.3) is 0 Å². The molecule has 1 heterocycles. The number of benzene rings is 2. The molecular weight excluding hydrogens is 436 g/mol. The van der Waals surface area contributed by atoms with Crippen molar-refractivity contribution >= 4 is 10.1 Å². The van der Waals surface area contributed by atoms with Gasteiger partial charge in [-0.2, -0.15) is 8.42 Å². The molecule has 0 bridgehead atoms. The molecule has 1 aliphatic rings. The van der Waals surface area contributed by atoms with E-state index in [1.807, 2.05) is 60.7 Å². The third-order valence-electron chi connectivity index (χ3n) is 5.19. The Morgan fingerprint density at radius 2 is 1.47 bits per heavy atom. The van der Waals surface area contributed by atoms with Crippen molar-refractivity contribution in [3.05, 3.63) is 71.8 Å². The summed E-state index contributed by atoms with van der Waals surface area (Å²) in [6.07, 6.45) is -1.13. The molecule has 0 unspecified atom stereocenters. The average Bonchev–Trinajstić information content (AvgIpc) is 3.10. The lowest BCUT2D eigenvalue weighted by Crippen LogP contribution is -2.52. The van der Waals surface area contributed by atoms with Gasteiger partial charge in [0.05, 0.1) is 26.1 Å². The topological polar surface area (TPSA) is 89.5 Å². The molecule has 0 spiro atoms. The third-order valence-corrected chi connectivity index (χ3v) is 5.73. The lowest BCUT2D eigenvalue weighted by atomic mass is 9.96. The molecular formula is C23H30O8S. The molecule has 3 rings (SSSR count). The van der Waals surface area contributed by atoms with Crippen LogP contribution in [0.5, 0.6) is 0 Å². The monoisotopic (exact) mass is 466 g/mol. The second-order valence-electron chi connectivity index (χ2n) is 7.65. The predicted molar refractivity (Wildman–Crippen MR) is 117 cm³/mol. The summed E-state index contributed by atoms with van der Waals surface area (Å²) in [6.45, 7) is 0.284. The van der Waals surface area contributed by atoms with Crippen molar-refractivity contribution in [3.63, 3.8) is 0 Å². The van der Waals surface area contributed by atoms with Gasteiger partial charge in [-0.25, -0.2) is 0 Å². The van der Waals surface area contributed by atoms with Gasteiger partial charge in [-0.15, -0.1) is 0 Å². The molecule has 8 nitrogen and oxygen atoms in total. The Morgan fingerprint density at radius 1 is 0.875 bits per heavy atom. The van der Waals surface area contributed by atoms with Crippen LogP contribution in [0.3, 0.4) is 0 Å². The van der Waals surface area contributed by atoms with E-state index in [4.69, 9.17) is 27.9 Å².